The molecule has 0 aliphatic rings. The van der Waals surface area contributed by atoms with E-state index in [9.17, 15) is 18.3 Å². The molecule has 0 saturated carbocycles. The van der Waals surface area contributed by atoms with E-state index in [-0.39, 0.29) is 12.4 Å². The maximum atomic E-state index is 12.5. The highest BCUT2D eigenvalue weighted by Gasteiger charge is 2.33. The number of halogens is 4. The summed E-state index contributed by atoms with van der Waals surface area (Å²) < 4.78 is 37.4. The molecule has 0 radical (unpaired) electrons. The second-order valence-electron chi connectivity index (χ2n) is 4.11. The maximum absolute atomic E-state index is 12.5. The Balaban J connectivity index is 2.88. The summed E-state index contributed by atoms with van der Waals surface area (Å²) in [4.78, 5) is 6.71. The number of rotatable bonds is 4. The Bertz CT molecular complexity index is 423. The third kappa shape index (κ3) is 4.30. The third-order valence-corrected chi connectivity index (χ3v) is 2.57. The molecule has 1 atom stereocenters. The normalized spacial score (nSPS) is 15.3. The zero-order valence-electron chi connectivity index (χ0n) is 9.85. The van der Waals surface area contributed by atoms with Crippen LogP contribution in [0.25, 0.3) is 0 Å². The summed E-state index contributed by atoms with van der Waals surface area (Å²) >= 11 is 5.42. The minimum absolute atomic E-state index is 0.0636. The summed E-state index contributed by atoms with van der Waals surface area (Å²) in [6, 6.07) is 0.748. The van der Waals surface area contributed by atoms with Crippen molar-refractivity contribution in [3.63, 3.8) is 0 Å². The standard InChI is InChI=1S/C10H13ClF3N3O/c1-3-9(2,18)5-15-7-4-6(10(12,13)14)16-8(11)17-7/h4,18H,3,5H2,1-2H3,(H,15,16,17). The number of hydrogen-bond acceptors (Lipinski definition) is 4. The van der Waals surface area contributed by atoms with Crippen molar-refractivity contribution in [3.8, 4) is 0 Å². The Kier molecular flexibility index (Phi) is 4.39. The van der Waals surface area contributed by atoms with Crippen molar-refractivity contribution in [3.05, 3.63) is 17.0 Å². The highest BCUT2D eigenvalue weighted by Crippen LogP contribution is 2.29. The van der Waals surface area contributed by atoms with Gasteiger partial charge in [-0.2, -0.15) is 13.2 Å². The van der Waals surface area contributed by atoms with Gasteiger partial charge in [-0.1, -0.05) is 6.92 Å². The van der Waals surface area contributed by atoms with E-state index >= 15 is 0 Å². The molecule has 1 heterocycles. The minimum atomic E-state index is -4.59. The van der Waals surface area contributed by atoms with Crippen molar-refractivity contribution >= 4 is 17.4 Å². The van der Waals surface area contributed by atoms with Crippen LogP contribution in [0.3, 0.4) is 0 Å². The molecule has 18 heavy (non-hydrogen) atoms. The number of nitrogens with zero attached hydrogens (tertiary/aromatic N) is 2. The Morgan fingerprint density at radius 2 is 2.00 bits per heavy atom. The molecule has 0 bridgehead atoms. The topological polar surface area (TPSA) is 58.0 Å². The predicted molar refractivity (Wildman–Crippen MR) is 61.4 cm³/mol. The summed E-state index contributed by atoms with van der Waals surface area (Å²) in [5.74, 6) is -0.0731. The van der Waals surface area contributed by atoms with Gasteiger partial charge < -0.3 is 10.4 Å². The molecular weight excluding hydrogens is 271 g/mol. The Morgan fingerprint density at radius 3 is 2.50 bits per heavy atom. The van der Waals surface area contributed by atoms with Crippen LogP contribution in [0.4, 0.5) is 19.0 Å². The second-order valence-corrected chi connectivity index (χ2v) is 4.45. The first-order valence-corrected chi connectivity index (χ1v) is 5.60. The SMILES string of the molecule is CCC(C)(O)CNc1cc(C(F)(F)F)nc(Cl)n1. The zero-order valence-corrected chi connectivity index (χ0v) is 10.6. The first kappa shape index (κ1) is 15.0. The largest absolute Gasteiger partial charge is 0.433 e. The lowest BCUT2D eigenvalue weighted by atomic mass is 10.0. The van der Waals surface area contributed by atoms with Crippen LogP contribution in [0.2, 0.25) is 5.28 Å². The number of alkyl halides is 3. The minimum Gasteiger partial charge on any atom is -0.388 e. The molecule has 2 N–H and O–H groups in total. The molecule has 0 spiro atoms. The van der Waals surface area contributed by atoms with Crippen molar-refractivity contribution in [2.45, 2.75) is 32.0 Å². The van der Waals surface area contributed by atoms with Crippen LogP contribution in [0.5, 0.6) is 0 Å². The summed E-state index contributed by atoms with van der Waals surface area (Å²) in [7, 11) is 0. The van der Waals surface area contributed by atoms with Gasteiger partial charge in [0, 0.05) is 12.6 Å². The summed E-state index contributed by atoms with van der Waals surface area (Å²) in [5, 5.41) is 11.8. The molecule has 0 aromatic carbocycles. The molecule has 0 fully saturated rings. The van der Waals surface area contributed by atoms with Gasteiger partial charge in [0.2, 0.25) is 5.28 Å². The van der Waals surface area contributed by atoms with Gasteiger partial charge in [0.1, 0.15) is 5.82 Å². The number of anilines is 1. The van der Waals surface area contributed by atoms with Crippen LogP contribution in [-0.2, 0) is 6.18 Å². The molecule has 0 aliphatic carbocycles. The molecule has 1 rings (SSSR count). The first-order valence-electron chi connectivity index (χ1n) is 5.22. The van der Waals surface area contributed by atoms with Crippen molar-refractivity contribution in [1.29, 1.82) is 0 Å². The number of nitrogens with one attached hydrogen (secondary N) is 1. The van der Waals surface area contributed by atoms with E-state index in [2.05, 4.69) is 15.3 Å². The van der Waals surface area contributed by atoms with Gasteiger partial charge >= 0.3 is 6.18 Å². The van der Waals surface area contributed by atoms with Gasteiger partial charge in [0.15, 0.2) is 5.69 Å². The van der Waals surface area contributed by atoms with E-state index in [1.807, 2.05) is 0 Å². The molecule has 4 nitrogen and oxygen atoms in total. The lowest BCUT2D eigenvalue weighted by Gasteiger charge is -2.22. The second kappa shape index (κ2) is 5.27. The summed E-state index contributed by atoms with van der Waals surface area (Å²) in [6.45, 7) is 3.39. The van der Waals surface area contributed by atoms with E-state index in [4.69, 9.17) is 11.6 Å². The van der Waals surface area contributed by atoms with Crippen LogP contribution in [0.1, 0.15) is 26.0 Å². The molecule has 0 amide bonds. The fourth-order valence-corrected chi connectivity index (χ4v) is 1.24. The Labute approximate surface area is 107 Å². The average molecular weight is 284 g/mol. The molecule has 0 aliphatic heterocycles. The fraction of sp³-hybridized carbons (Fsp3) is 0.600. The van der Waals surface area contributed by atoms with Gasteiger partial charge in [-0.25, -0.2) is 9.97 Å². The van der Waals surface area contributed by atoms with Crippen molar-refractivity contribution in [2.75, 3.05) is 11.9 Å². The molecule has 8 heteroatoms. The zero-order chi connectivity index (χ0) is 14.0. The number of hydrogen-bond donors (Lipinski definition) is 2. The van der Waals surface area contributed by atoms with Gasteiger partial charge in [-0.3, -0.25) is 0 Å². The van der Waals surface area contributed by atoms with Crippen LogP contribution in [-0.4, -0.2) is 27.2 Å². The van der Waals surface area contributed by atoms with E-state index in [0.29, 0.717) is 6.42 Å². The Morgan fingerprint density at radius 1 is 1.39 bits per heavy atom. The average Bonchev–Trinajstić information content (AvgIpc) is 2.25. The summed E-state index contributed by atoms with van der Waals surface area (Å²) in [5.41, 5.74) is -2.16. The monoisotopic (exact) mass is 283 g/mol. The van der Waals surface area contributed by atoms with Crippen LogP contribution in [0, 0.1) is 0 Å². The van der Waals surface area contributed by atoms with Crippen LogP contribution < -0.4 is 5.32 Å². The van der Waals surface area contributed by atoms with Crippen LogP contribution in [0.15, 0.2) is 6.07 Å². The number of aliphatic hydroxyl groups is 1. The van der Waals surface area contributed by atoms with Gasteiger partial charge in [0.25, 0.3) is 0 Å². The molecule has 1 unspecified atom stereocenters. The maximum Gasteiger partial charge on any atom is 0.433 e. The van der Waals surface area contributed by atoms with Gasteiger partial charge in [-0.15, -0.1) is 0 Å². The van der Waals surface area contributed by atoms with Gasteiger partial charge in [0.05, 0.1) is 5.60 Å². The lowest BCUT2D eigenvalue weighted by Crippen LogP contribution is -2.32. The van der Waals surface area contributed by atoms with E-state index in [1.165, 1.54) is 0 Å². The van der Waals surface area contributed by atoms with Gasteiger partial charge in [-0.05, 0) is 24.9 Å². The summed E-state index contributed by atoms with van der Waals surface area (Å²) in [6.07, 6.45) is -4.14. The predicted octanol–water partition coefficient (Wildman–Crippen LogP) is 2.72. The van der Waals surface area contributed by atoms with Crippen molar-refractivity contribution in [1.82, 2.24) is 9.97 Å². The number of aromatic nitrogens is 2. The molecule has 1 aromatic rings. The smallest absolute Gasteiger partial charge is 0.388 e. The van der Waals surface area contributed by atoms with Crippen molar-refractivity contribution < 1.29 is 18.3 Å². The van der Waals surface area contributed by atoms with E-state index in [0.717, 1.165) is 6.07 Å². The van der Waals surface area contributed by atoms with Crippen LogP contribution >= 0.6 is 11.6 Å². The van der Waals surface area contributed by atoms with Crippen molar-refractivity contribution in [2.24, 2.45) is 0 Å². The molecule has 1 aromatic heterocycles. The lowest BCUT2D eigenvalue weighted by molar-refractivity contribution is -0.141. The highest BCUT2D eigenvalue weighted by molar-refractivity contribution is 6.28. The highest BCUT2D eigenvalue weighted by atomic mass is 35.5. The first-order chi connectivity index (χ1) is 8.14. The molecular formula is C10H13ClF3N3O. The third-order valence-electron chi connectivity index (χ3n) is 2.40. The van der Waals surface area contributed by atoms with E-state index < -0.39 is 22.8 Å². The fourth-order valence-electron chi connectivity index (χ4n) is 1.06. The quantitative estimate of drug-likeness (QED) is 0.834. The Hall–Kier alpha value is -1.08. The molecule has 102 valence electrons. The van der Waals surface area contributed by atoms with E-state index in [1.54, 1.807) is 13.8 Å². The molecule has 0 saturated heterocycles.